The Bertz CT molecular complexity index is 953. The molecule has 9 heteroatoms. The third-order valence-electron chi connectivity index (χ3n) is 4.81. The maximum Gasteiger partial charge on any atom is 0.259 e. The Hall–Kier alpha value is -1.74. The molecule has 0 bridgehead atoms. The first-order valence-electron chi connectivity index (χ1n) is 8.53. The second-order valence-corrected chi connectivity index (χ2v) is 8.61. The monoisotopic (exact) mass is 376 g/mol. The summed E-state index contributed by atoms with van der Waals surface area (Å²) in [4.78, 5) is 21.8. The Morgan fingerprint density at radius 3 is 2.88 bits per heavy atom. The third kappa shape index (κ3) is 3.22. The molecule has 0 amide bonds. The fourth-order valence-corrected chi connectivity index (χ4v) is 5.20. The van der Waals surface area contributed by atoms with Gasteiger partial charge in [0.1, 0.15) is 10.7 Å². The Morgan fingerprint density at radius 1 is 1.28 bits per heavy atom. The predicted molar refractivity (Wildman–Crippen MR) is 99.2 cm³/mol. The first-order chi connectivity index (χ1) is 12.1. The lowest BCUT2D eigenvalue weighted by Crippen LogP contribution is -2.15. The van der Waals surface area contributed by atoms with Crippen LogP contribution in [0.5, 0.6) is 0 Å². The minimum absolute atomic E-state index is 0.0608. The SMILES string of the molecule is Cc1sc2nc(CSc3nnnn3C3CCCCC3)[nH]c(=O)c2c1C. The van der Waals surface area contributed by atoms with Crippen LogP contribution in [-0.2, 0) is 5.75 Å². The van der Waals surface area contributed by atoms with E-state index in [1.54, 1.807) is 11.3 Å². The standard InChI is InChI=1S/C16H20N6OS2/c1-9-10(2)25-15-13(9)14(23)17-12(18-15)8-24-16-19-20-21-22(16)11-6-4-3-5-7-11/h11H,3-8H2,1-2H3,(H,17,18,23). The normalized spacial score (nSPS) is 15.9. The number of aryl methyl sites for hydroxylation is 2. The molecule has 1 aliphatic rings. The number of aromatic amines is 1. The number of thiophene rings is 1. The van der Waals surface area contributed by atoms with Crippen molar-refractivity contribution in [3.63, 3.8) is 0 Å². The highest BCUT2D eigenvalue weighted by Crippen LogP contribution is 2.31. The first kappa shape index (κ1) is 16.7. The van der Waals surface area contributed by atoms with Gasteiger partial charge in [-0.1, -0.05) is 31.0 Å². The van der Waals surface area contributed by atoms with Crippen molar-refractivity contribution in [2.45, 2.75) is 62.9 Å². The summed E-state index contributed by atoms with van der Waals surface area (Å²) in [6.07, 6.45) is 6.03. The van der Waals surface area contributed by atoms with E-state index in [0.717, 1.165) is 33.3 Å². The van der Waals surface area contributed by atoms with Crippen LogP contribution in [0, 0.1) is 13.8 Å². The zero-order valence-corrected chi connectivity index (χ0v) is 15.9. The Balaban J connectivity index is 1.55. The highest BCUT2D eigenvalue weighted by atomic mass is 32.2. The molecule has 3 aromatic rings. The van der Waals surface area contributed by atoms with E-state index in [2.05, 4.69) is 25.5 Å². The van der Waals surface area contributed by atoms with Gasteiger partial charge in [-0.15, -0.1) is 16.4 Å². The van der Waals surface area contributed by atoms with Gasteiger partial charge >= 0.3 is 0 Å². The largest absolute Gasteiger partial charge is 0.309 e. The number of hydrogen-bond donors (Lipinski definition) is 1. The zero-order valence-electron chi connectivity index (χ0n) is 14.3. The summed E-state index contributed by atoms with van der Waals surface area (Å²) in [5.41, 5.74) is 0.962. The van der Waals surface area contributed by atoms with Crippen LogP contribution in [0.15, 0.2) is 9.95 Å². The molecule has 0 saturated heterocycles. The average Bonchev–Trinajstić information content (AvgIpc) is 3.19. The number of rotatable bonds is 4. The molecule has 0 unspecified atom stereocenters. The minimum atomic E-state index is -0.0608. The summed E-state index contributed by atoms with van der Waals surface area (Å²) in [6.45, 7) is 3.99. The summed E-state index contributed by atoms with van der Waals surface area (Å²) in [5, 5.41) is 13.7. The molecule has 3 aromatic heterocycles. The number of nitrogens with zero attached hydrogens (tertiary/aromatic N) is 5. The van der Waals surface area contributed by atoms with E-state index in [-0.39, 0.29) is 5.56 Å². The number of thioether (sulfide) groups is 1. The molecule has 3 heterocycles. The van der Waals surface area contributed by atoms with Crippen molar-refractivity contribution in [1.29, 1.82) is 0 Å². The molecule has 0 spiro atoms. The lowest BCUT2D eigenvalue weighted by atomic mass is 9.96. The molecular weight excluding hydrogens is 356 g/mol. The molecule has 0 radical (unpaired) electrons. The van der Waals surface area contributed by atoms with Crippen LogP contribution in [0.4, 0.5) is 0 Å². The van der Waals surface area contributed by atoms with Crippen molar-refractivity contribution >= 4 is 33.3 Å². The van der Waals surface area contributed by atoms with Gasteiger partial charge in [0.25, 0.3) is 5.56 Å². The second-order valence-electron chi connectivity index (χ2n) is 6.46. The van der Waals surface area contributed by atoms with E-state index < -0.39 is 0 Å². The second kappa shape index (κ2) is 6.87. The van der Waals surface area contributed by atoms with Gasteiger partial charge in [-0.3, -0.25) is 4.79 Å². The number of aromatic nitrogens is 6. The highest BCUT2D eigenvalue weighted by molar-refractivity contribution is 7.98. The molecule has 1 fully saturated rings. The fourth-order valence-electron chi connectivity index (χ4n) is 3.34. The predicted octanol–water partition coefficient (Wildman–Crippen LogP) is 3.39. The van der Waals surface area contributed by atoms with Crippen molar-refractivity contribution in [3.05, 3.63) is 26.6 Å². The van der Waals surface area contributed by atoms with E-state index in [4.69, 9.17) is 0 Å². The summed E-state index contributed by atoms with van der Waals surface area (Å²) < 4.78 is 1.94. The summed E-state index contributed by atoms with van der Waals surface area (Å²) in [7, 11) is 0. The molecule has 7 nitrogen and oxygen atoms in total. The van der Waals surface area contributed by atoms with Crippen LogP contribution >= 0.6 is 23.1 Å². The van der Waals surface area contributed by atoms with Gasteiger partial charge in [-0.2, -0.15) is 0 Å². The maximum absolute atomic E-state index is 12.4. The van der Waals surface area contributed by atoms with E-state index >= 15 is 0 Å². The molecule has 1 N–H and O–H groups in total. The van der Waals surface area contributed by atoms with Gasteiger partial charge in [0, 0.05) is 4.88 Å². The minimum Gasteiger partial charge on any atom is -0.309 e. The lowest BCUT2D eigenvalue weighted by molar-refractivity contribution is 0.307. The van der Waals surface area contributed by atoms with Crippen LogP contribution in [0.1, 0.15) is 54.4 Å². The van der Waals surface area contributed by atoms with Crippen LogP contribution in [0.3, 0.4) is 0 Å². The molecule has 4 rings (SSSR count). The Labute approximate surface area is 153 Å². The van der Waals surface area contributed by atoms with Gasteiger partial charge in [-0.25, -0.2) is 9.67 Å². The van der Waals surface area contributed by atoms with Gasteiger partial charge in [-0.05, 0) is 42.7 Å². The number of fused-ring (bicyclic) bond motifs is 1. The van der Waals surface area contributed by atoms with Gasteiger partial charge in [0.05, 0.1) is 17.2 Å². The quantitative estimate of drug-likeness (QED) is 0.702. The average molecular weight is 377 g/mol. The number of nitrogens with one attached hydrogen (secondary N) is 1. The maximum atomic E-state index is 12.4. The number of hydrogen-bond acceptors (Lipinski definition) is 7. The van der Waals surface area contributed by atoms with Crippen molar-refractivity contribution in [3.8, 4) is 0 Å². The van der Waals surface area contributed by atoms with Crippen LogP contribution in [0.25, 0.3) is 10.2 Å². The Kier molecular flexibility index (Phi) is 4.60. The lowest BCUT2D eigenvalue weighted by Gasteiger charge is -2.21. The van der Waals surface area contributed by atoms with E-state index in [1.165, 1.54) is 31.0 Å². The van der Waals surface area contributed by atoms with E-state index in [0.29, 0.717) is 23.0 Å². The van der Waals surface area contributed by atoms with Crippen LogP contribution in [-0.4, -0.2) is 30.2 Å². The first-order valence-corrected chi connectivity index (χ1v) is 10.3. The molecule has 0 aliphatic heterocycles. The highest BCUT2D eigenvalue weighted by Gasteiger charge is 2.20. The third-order valence-corrected chi connectivity index (χ3v) is 6.86. The summed E-state index contributed by atoms with van der Waals surface area (Å²) in [6, 6.07) is 0.392. The molecule has 0 aromatic carbocycles. The molecular formula is C16H20N6OS2. The van der Waals surface area contributed by atoms with E-state index in [1.807, 2.05) is 18.5 Å². The van der Waals surface area contributed by atoms with E-state index in [9.17, 15) is 4.79 Å². The Morgan fingerprint density at radius 2 is 2.08 bits per heavy atom. The fraction of sp³-hybridized carbons (Fsp3) is 0.562. The van der Waals surface area contributed by atoms with Gasteiger partial charge in [0.15, 0.2) is 0 Å². The van der Waals surface area contributed by atoms with Gasteiger partial charge < -0.3 is 4.98 Å². The van der Waals surface area contributed by atoms with Crippen molar-refractivity contribution in [2.75, 3.05) is 0 Å². The topological polar surface area (TPSA) is 89.3 Å². The number of H-pyrrole nitrogens is 1. The zero-order chi connectivity index (χ0) is 17.4. The van der Waals surface area contributed by atoms with Crippen molar-refractivity contribution in [2.24, 2.45) is 0 Å². The van der Waals surface area contributed by atoms with Crippen molar-refractivity contribution in [1.82, 2.24) is 30.2 Å². The molecule has 1 aliphatic carbocycles. The molecule has 25 heavy (non-hydrogen) atoms. The van der Waals surface area contributed by atoms with Crippen LogP contribution < -0.4 is 5.56 Å². The summed E-state index contributed by atoms with van der Waals surface area (Å²) >= 11 is 3.10. The van der Waals surface area contributed by atoms with Crippen LogP contribution in [0.2, 0.25) is 0 Å². The molecule has 132 valence electrons. The van der Waals surface area contributed by atoms with Crippen molar-refractivity contribution < 1.29 is 0 Å². The summed E-state index contributed by atoms with van der Waals surface area (Å²) in [5.74, 6) is 1.22. The number of tetrazole rings is 1. The smallest absolute Gasteiger partial charge is 0.259 e. The molecule has 0 atom stereocenters. The molecule has 1 saturated carbocycles. The van der Waals surface area contributed by atoms with Gasteiger partial charge in [0.2, 0.25) is 5.16 Å².